The van der Waals surface area contributed by atoms with E-state index in [9.17, 15) is 0 Å². The Kier molecular flexibility index (Phi) is 3.25. The van der Waals surface area contributed by atoms with Gasteiger partial charge < -0.3 is 4.52 Å². The number of hydrogen-bond donors (Lipinski definition) is 0. The molecule has 0 aliphatic rings. The van der Waals surface area contributed by atoms with Crippen LogP contribution in [0.3, 0.4) is 0 Å². The summed E-state index contributed by atoms with van der Waals surface area (Å²) in [5, 5.41) is 6.37. The molecule has 0 aliphatic carbocycles. The van der Waals surface area contributed by atoms with Gasteiger partial charge in [0.1, 0.15) is 0 Å². The average Bonchev–Trinajstić information content (AvgIpc) is 3.24. The predicted molar refractivity (Wildman–Crippen MR) is 88.3 cm³/mol. The van der Waals surface area contributed by atoms with Crippen molar-refractivity contribution in [3.63, 3.8) is 0 Å². The summed E-state index contributed by atoms with van der Waals surface area (Å²) < 4.78 is 5.25. The summed E-state index contributed by atoms with van der Waals surface area (Å²) in [6.45, 7) is 0. The number of fused-ring (bicyclic) bond motifs is 1. The fraction of sp³-hybridized carbons (Fsp3) is 0. The van der Waals surface area contributed by atoms with Gasteiger partial charge in [0.15, 0.2) is 0 Å². The van der Waals surface area contributed by atoms with Crippen molar-refractivity contribution in [3.05, 3.63) is 65.6 Å². The monoisotopic (exact) mass is 305 g/mol. The van der Waals surface area contributed by atoms with Crippen LogP contribution in [0.2, 0.25) is 0 Å². The van der Waals surface area contributed by atoms with Crippen LogP contribution in [0.4, 0.5) is 0 Å². The van der Waals surface area contributed by atoms with Gasteiger partial charge in [0.05, 0.1) is 10.4 Å². The molecule has 4 nitrogen and oxygen atoms in total. The van der Waals surface area contributed by atoms with Gasteiger partial charge in [0, 0.05) is 12.3 Å². The molecule has 22 heavy (non-hydrogen) atoms. The number of nitrogens with zero attached hydrogens (tertiary/aromatic N) is 3. The van der Waals surface area contributed by atoms with Gasteiger partial charge in [-0.05, 0) is 22.4 Å². The Morgan fingerprint density at radius 1 is 1.00 bits per heavy atom. The second-order valence-electron chi connectivity index (χ2n) is 4.72. The minimum Gasteiger partial charge on any atom is -0.334 e. The molecule has 2 aromatic carbocycles. The standard InChI is InChI=1S/C17H11N3OS/c1-2-7-14-12(4-1)5-3-6-13(14)8-9-16-19-17(20-21-16)15-10-18-11-22-15/h1-11H/b9-8+. The van der Waals surface area contributed by atoms with Crippen LogP contribution in [-0.2, 0) is 0 Å². The molecule has 0 aliphatic heterocycles. The Hall–Kier alpha value is -2.79. The van der Waals surface area contributed by atoms with E-state index in [-0.39, 0.29) is 0 Å². The normalized spacial score (nSPS) is 11.5. The lowest BCUT2D eigenvalue weighted by molar-refractivity contribution is 0.411. The van der Waals surface area contributed by atoms with Crippen LogP contribution in [0.25, 0.3) is 33.6 Å². The molecule has 5 heteroatoms. The molecule has 4 aromatic rings. The molecule has 0 N–H and O–H groups in total. The van der Waals surface area contributed by atoms with Gasteiger partial charge in [-0.1, -0.05) is 47.6 Å². The number of aromatic nitrogens is 3. The van der Waals surface area contributed by atoms with Crippen LogP contribution in [0.15, 0.2) is 58.7 Å². The molecule has 2 heterocycles. The molecule has 0 saturated carbocycles. The number of hydrogen-bond acceptors (Lipinski definition) is 5. The highest BCUT2D eigenvalue weighted by Crippen LogP contribution is 2.22. The molecule has 106 valence electrons. The maximum absolute atomic E-state index is 5.25. The summed E-state index contributed by atoms with van der Waals surface area (Å²) >= 11 is 1.49. The highest BCUT2D eigenvalue weighted by Gasteiger charge is 2.07. The smallest absolute Gasteiger partial charge is 0.250 e. The van der Waals surface area contributed by atoms with Crippen LogP contribution >= 0.6 is 11.3 Å². The van der Waals surface area contributed by atoms with Crippen molar-refractivity contribution in [1.29, 1.82) is 0 Å². The van der Waals surface area contributed by atoms with Gasteiger partial charge >= 0.3 is 0 Å². The van der Waals surface area contributed by atoms with Crippen molar-refractivity contribution < 1.29 is 4.52 Å². The van der Waals surface area contributed by atoms with Gasteiger partial charge in [0.25, 0.3) is 5.89 Å². The van der Waals surface area contributed by atoms with Crippen molar-refractivity contribution >= 4 is 34.3 Å². The van der Waals surface area contributed by atoms with Gasteiger partial charge in [-0.15, -0.1) is 11.3 Å². The fourth-order valence-electron chi connectivity index (χ4n) is 2.29. The quantitative estimate of drug-likeness (QED) is 0.558. The largest absolute Gasteiger partial charge is 0.334 e. The third-order valence-corrected chi connectivity index (χ3v) is 4.09. The van der Waals surface area contributed by atoms with Crippen LogP contribution in [0.5, 0.6) is 0 Å². The SMILES string of the molecule is C(=C\c1cccc2ccccc12)/c1nc(-c2cncs2)no1. The second-order valence-corrected chi connectivity index (χ2v) is 5.61. The Morgan fingerprint density at radius 2 is 1.91 bits per heavy atom. The maximum Gasteiger partial charge on any atom is 0.250 e. The highest BCUT2D eigenvalue weighted by atomic mass is 32.1. The Balaban J connectivity index is 1.66. The lowest BCUT2D eigenvalue weighted by Gasteiger charge is -2.00. The van der Waals surface area contributed by atoms with Crippen molar-refractivity contribution in [3.8, 4) is 10.7 Å². The Bertz CT molecular complexity index is 936. The minimum absolute atomic E-state index is 0.483. The van der Waals surface area contributed by atoms with E-state index < -0.39 is 0 Å². The van der Waals surface area contributed by atoms with Crippen LogP contribution in [0, 0.1) is 0 Å². The van der Waals surface area contributed by atoms with E-state index in [0.29, 0.717) is 11.7 Å². The van der Waals surface area contributed by atoms with Crippen molar-refractivity contribution in [2.24, 2.45) is 0 Å². The number of thiazole rings is 1. The summed E-state index contributed by atoms with van der Waals surface area (Å²) in [7, 11) is 0. The summed E-state index contributed by atoms with van der Waals surface area (Å²) in [5.74, 6) is 1.05. The zero-order chi connectivity index (χ0) is 14.8. The summed E-state index contributed by atoms with van der Waals surface area (Å²) in [6, 6.07) is 14.5. The van der Waals surface area contributed by atoms with Crippen LogP contribution in [-0.4, -0.2) is 15.1 Å². The van der Waals surface area contributed by atoms with E-state index in [1.807, 2.05) is 30.4 Å². The van der Waals surface area contributed by atoms with E-state index >= 15 is 0 Å². The number of benzene rings is 2. The third-order valence-electron chi connectivity index (χ3n) is 3.32. The van der Waals surface area contributed by atoms with Crippen LogP contribution in [0.1, 0.15) is 11.5 Å². The van der Waals surface area contributed by atoms with Gasteiger partial charge in [-0.3, -0.25) is 4.98 Å². The van der Waals surface area contributed by atoms with Gasteiger partial charge in [-0.2, -0.15) is 4.98 Å². The predicted octanol–water partition coefficient (Wildman–Crippen LogP) is 4.52. The molecular formula is C17H11N3OS. The van der Waals surface area contributed by atoms with Gasteiger partial charge in [0.2, 0.25) is 5.82 Å². The lowest BCUT2D eigenvalue weighted by atomic mass is 10.0. The molecule has 0 bridgehead atoms. The molecular weight excluding hydrogens is 294 g/mol. The average molecular weight is 305 g/mol. The van der Waals surface area contributed by atoms with Crippen molar-refractivity contribution in [2.75, 3.05) is 0 Å². The first-order valence-electron chi connectivity index (χ1n) is 6.78. The minimum atomic E-state index is 0.483. The molecule has 0 spiro atoms. The van der Waals surface area contributed by atoms with E-state index in [1.54, 1.807) is 11.7 Å². The van der Waals surface area contributed by atoms with E-state index in [4.69, 9.17) is 4.52 Å². The first-order valence-corrected chi connectivity index (χ1v) is 7.66. The zero-order valence-electron chi connectivity index (χ0n) is 11.5. The van der Waals surface area contributed by atoms with E-state index in [2.05, 4.69) is 39.4 Å². The first kappa shape index (κ1) is 12.9. The second kappa shape index (κ2) is 5.54. The number of rotatable bonds is 3. The first-order chi connectivity index (χ1) is 10.9. The maximum atomic E-state index is 5.25. The zero-order valence-corrected chi connectivity index (χ0v) is 12.3. The summed E-state index contributed by atoms with van der Waals surface area (Å²) in [5.41, 5.74) is 2.87. The summed E-state index contributed by atoms with van der Waals surface area (Å²) in [4.78, 5) is 9.26. The molecule has 4 rings (SSSR count). The molecule has 2 aromatic heterocycles. The molecule has 0 saturated heterocycles. The van der Waals surface area contributed by atoms with Gasteiger partial charge in [-0.25, -0.2) is 0 Å². The fourth-order valence-corrected chi connectivity index (χ4v) is 2.83. The summed E-state index contributed by atoms with van der Waals surface area (Å²) in [6.07, 6.45) is 5.55. The van der Waals surface area contributed by atoms with E-state index in [1.165, 1.54) is 22.1 Å². The van der Waals surface area contributed by atoms with Crippen LogP contribution < -0.4 is 0 Å². The lowest BCUT2D eigenvalue weighted by Crippen LogP contribution is -1.78. The Morgan fingerprint density at radius 3 is 2.82 bits per heavy atom. The Labute approximate surface area is 130 Å². The molecule has 0 radical (unpaired) electrons. The molecule has 0 amide bonds. The third kappa shape index (κ3) is 2.42. The van der Waals surface area contributed by atoms with E-state index in [0.717, 1.165) is 10.4 Å². The van der Waals surface area contributed by atoms with Crippen molar-refractivity contribution in [1.82, 2.24) is 15.1 Å². The molecule has 0 unspecified atom stereocenters. The molecule has 0 fully saturated rings. The topological polar surface area (TPSA) is 51.8 Å². The highest BCUT2D eigenvalue weighted by molar-refractivity contribution is 7.13. The molecule has 0 atom stereocenters. The van der Waals surface area contributed by atoms with Crippen molar-refractivity contribution in [2.45, 2.75) is 0 Å².